The molecule has 2 aliphatic rings. The smallest absolute Gasteiger partial charge is 0.235 e. The van der Waals surface area contributed by atoms with Crippen LogP contribution < -0.4 is 4.31 Å². The second-order valence-corrected chi connectivity index (χ2v) is 11.8. The number of sulfonamides is 1. The molecule has 186 valence electrons. The van der Waals surface area contributed by atoms with Crippen LogP contribution in [-0.4, -0.2) is 50.4 Å². The minimum absolute atomic E-state index is 0.0586. The number of halogens is 2. The lowest BCUT2D eigenvalue weighted by Crippen LogP contribution is -2.42. The third-order valence-electron chi connectivity index (χ3n) is 6.75. The molecular formula is C24H23ClFN7O2S. The molecule has 6 rings (SSSR count). The quantitative estimate of drug-likeness (QED) is 0.388. The van der Waals surface area contributed by atoms with Crippen molar-refractivity contribution in [1.82, 2.24) is 29.7 Å². The van der Waals surface area contributed by atoms with E-state index in [0.29, 0.717) is 52.2 Å². The predicted molar refractivity (Wildman–Crippen MR) is 134 cm³/mol. The standard InChI is InChI=1S/C24H23ClFN7O2S/c1-13-14(2)29-24-22(28-13)21(19-6-3-16(25)9-20(19)26)30-23(31-24)15-7-8-36(34,35)33(11-15)18-10-27-32(12-18)17-4-5-17/h3,6,9-10,12,15,17H,4-5,7-8,11H2,1-2H3/t15-/m0/s1. The summed E-state index contributed by atoms with van der Waals surface area (Å²) in [5, 5.41) is 4.63. The van der Waals surface area contributed by atoms with Crippen molar-refractivity contribution in [1.29, 1.82) is 0 Å². The van der Waals surface area contributed by atoms with E-state index in [4.69, 9.17) is 16.6 Å². The summed E-state index contributed by atoms with van der Waals surface area (Å²) in [7, 11) is -3.52. The Morgan fingerprint density at radius 2 is 1.83 bits per heavy atom. The normalized spacial score (nSPS) is 19.7. The van der Waals surface area contributed by atoms with Crippen LogP contribution >= 0.6 is 11.6 Å². The summed E-state index contributed by atoms with van der Waals surface area (Å²) in [6.45, 7) is 3.81. The molecular weight excluding hydrogens is 505 g/mol. The Bertz CT molecular complexity index is 1620. The predicted octanol–water partition coefficient (Wildman–Crippen LogP) is 4.35. The zero-order valence-corrected chi connectivity index (χ0v) is 21.3. The number of hydrogen-bond acceptors (Lipinski definition) is 7. The van der Waals surface area contributed by atoms with Crippen LogP contribution in [-0.2, 0) is 10.0 Å². The summed E-state index contributed by atoms with van der Waals surface area (Å²) in [6, 6.07) is 4.72. The van der Waals surface area contributed by atoms with Gasteiger partial charge in [0.1, 0.15) is 22.9 Å². The monoisotopic (exact) mass is 527 g/mol. The summed E-state index contributed by atoms with van der Waals surface area (Å²) in [6.07, 6.45) is 5.80. The number of hydrogen-bond donors (Lipinski definition) is 0. The van der Waals surface area contributed by atoms with Crippen molar-refractivity contribution in [2.75, 3.05) is 16.6 Å². The third-order valence-corrected chi connectivity index (χ3v) is 8.77. The van der Waals surface area contributed by atoms with Gasteiger partial charge >= 0.3 is 0 Å². The molecule has 3 aromatic heterocycles. The van der Waals surface area contributed by atoms with E-state index in [2.05, 4.69) is 20.1 Å². The Labute approximate surface area is 212 Å². The lowest BCUT2D eigenvalue weighted by molar-refractivity contribution is 0.546. The van der Waals surface area contributed by atoms with Crippen LogP contribution in [0.1, 0.15) is 48.4 Å². The zero-order valence-electron chi connectivity index (χ0n) is 19.7. The first-order valence-electron chi connectivity index (χ1n) is 11.7. The Kier molecular flexibility index (Phi) is 5.45. The second-order valence-electron chi connectivity index (χ2n) is 9.36. The number of fused-ring (bicyclic) bond motifs is 1. The molecule has 4 heterocycles. The summed E-state index contributed by atoms with van der Waals surface area (Å²) in [5.41, 5.74) is 3.19. The summed E-state index contributed by atoms with van der Waals surface area (Å²) < 4.78 is 44.1. The fraction of sp³-hybridized carbons (Fsp3) is 0.375. The van der Waals surface area contributed by atoms with Crippen LogP contribution in [0.4, 0.5) is 10.1 Å². The Hall–Kier alpha value is -3.18. The van der Waals surface area contributed by atoms with Crippen LogP contribution in [0.15, 0.2) is 30.6 Å². The van der Waals surface area contributed by atoms with E-state index in [1.165, 1.54) is 10.4 Å². The highest BCUT2D eigenvalue weighted by molar-refractivity contribution is 7.92. The van der Waals surface area contributed by atoms with Gasteiger partial charge in [-0.05, 0) is 51.3 Å². The van der Waals surface area contributed by atoms with Gasteiger partial charge in [-0.25, -0.2) is 32.7 Å². The molecule has 0 spiro atoms. The van der Waals surface area contributed by atoms with Gasteiger partial charge < -0.3 is 0 Å². The largest absolute Gasteiger partial charge is 0.268 e. The maximum atomic E-state index is 15.0. The van der Waals surface area contributed by atoms with Crippen LogP contribution in [0.5, 0.6) is 0 Å². The van der Waals surface area contributed by atoms with E-state index in [-0.39, 0.29) is 28.8 Å². The number of rotatable bonds is 4. The average molecular weight is 528 g/mol. The van der Waals surface area contributed by atoms with Crippen molar-refractivity contribution >= 4 is 38.5 Å². The average Bonchev–Trinajstić information content (AvgIpc) is 3.56. The van der Waals surface area contributed by atoms with Gasteiger partial charge in [-0.3, -0.25) is 8.99 Å². The second kappa shape index (κ2) is 8.45. The summed E-state index contributed by atoms with van der Waals surface area (Å²) >= 11 is 5.98. The molecule has 1 aliphatic heterocycles. The van der Waals surface area contributed by atoms with E-state index >= 15 is 0 Å². The molecule has 1 saturated carbocycles. The third kappa shape index (κ3) is 4.09. The summed E-state index contributed by atoms with van der Waals surface area (Å²) in [4.78, 5) is 18.6. The van der Waals surface area contributed by atoms with Crippen molar-refractivity contribution in [2.24, 2.45) is 0 Å². The van der Waals surface area contributed by atoms with E-state index in [9.17, 15) is 12.8 Å². The fourth-order valence-corrected chi connectivity index (χ4v) is 6.24. The Morgan fingerprint density at radius 1 is 1.06 bits per heavy atom. The minimum Gasteiger partial charge on any atom is -0.268 e. The molecule has 1 aliphatic carbocycles. The molecule has 0 amide bonds. The van der Waals surface area contributed by atoms with Crippen LogP contribution in [0, 0.1) is 19.7 Å². The number of nitrogens with zero attached hydrogens (tertiary/aromatic N) is 7. The molecule has 1 atom stereocenters. The highest BCUT2D eigenvalue weighted by Crippen LogP contribution is 2.37. The number of anilines is 1. The lowest BCUT2D eigenvalue weighted by atomic mass is 10.0. The maximum Gasteiger partial charge on any atom is 0.235 e. The van der Waals surface area contributed by atoms with Crippen LogP contribution in [0.2, 0.25) is 5.02 Å². The van der Waals surface area contributed by atoms with E-state index < -0.39 is 15.8 Å². The van der Waals surface area contributed by atoms with Crippen molar-refractivity contribution in [3.8, 4) is 11.3 Å². The number of aromatic nitrogens is 6. The van der Waals surface area contributed by atoms with Gasteiger partial charge in [-0.1, -0.05) is 11.6 Å². The van der Waals surface area contributed by atoms with Crippen molar-refractivity contribution in [3.63, 3.8) is 0 Å². The highest BCUT2D eigenvalue weighted by Gasteiger charge is 2.36. The molecule has 12 heteroatoms. The number of benzene rings is 1. The van der Waals surface area contributed by atoms with Gasteiger partial charge in [-0.15, -0.1) is 0 Å². The SMILES string of the molecule is Cc1nc2nc([C@H]3CCS(=O)(=O)N(c4cnn(C5CC5)c4)C3)nc(-c3ccc(Cl)cc3F)c2nc1C. The molecule has 1 aromatic carbocycles. The van der Waals surface area contributed by atoms with Crippen molar-refractivity contribution in [2.45, 2.75) is 45.1 Å². The first-order valence-corrected chi connectivity index (χ1v) is 13.7. The first-order chi connectivity index (χ1) is 17.2. The maximum absolute atomic E-state index is 15.0. The van der Waals surface area contributed by atoms with Gasteiger partial charge in [0.15, 0.2) is 5.65 Å². The van der Waals surface area contributed by atoms with E-state index in [1.807, 2.05) is 18.5 Å². The molecule has 0 N–H and O–H groups in total. The van der Waals surface area contributed by atoms with Crippen molar-refractivity contribution < 1.29 is 12.8 Å². The molecule has 0 bridgehead atoms. The molecule has 0 radical (unpaired) electrons. The Morgan fingerprint density at radius 3 is 2.58 bits per heavy atom. The first kappa shape index (κ1) is 23.2. The van der Waals surface area contributed by atoms with Gasteiger partial charge in [0.25, 0.3) is 0 Å². The van der Waals surface area contributed by atoms with Crippen LogP contribution in [0.3, 0.4) is 0 Å². The topological polar surface area (TPSA) is 107 Å². The van der Waals surface area contributed by atoms with Crippen molar-refractivity contribution in [3.05, 3.63) is 58.6 Å². The molecule has 36 heavy (non-hydrogen) atoms. The summed E-state index contributed by atoms with van der Waals surface area (Å²) in [5.74, 6) is -0.510. The Balaban J connectivity index is 1.45. The molecule has 1 saturated heterocycles. The molecule has 2 fully saturated rings. The van der Waals surface area contributed by atoms with Gasteiger partial charge in [-0.2, -0.15) is 5.10 Å². The fourth-order valence-electron chi connectivity index (χ4n) is 4.46. The van der Waals surface area contributed by atoms with E-state index in [1.54, 1.807) is 24.5 Å². The van der Waals surface area contributed by atoms with E-state index in [0.717, 1.165) is 12.8 Å². The van der Waals surface area contributed by atoms with Gasteiger partial charge in [0.2, 0.25) is 10.0 Å². The molecule has 9 nitrogen and oxygen atoms in total. The molecule has 0 unspecified atom stereocenters. The van der Waals surface area contributed by atoms with Gasteiger partial charge in [0.05, 0.1) is 35.1 Å². The molecule has 4 aromatic rings. The lowest BCUT2D eigenvalue weighted by Gasteiger charge is -2.32. The minimum atomic E-state index is -3.52. The highest BCUT2D eigenvalue weighted by atomic mass is 35.5. The van der Waals surface area contributed by atoms with Crippen LogP contribution in [0.25, 0.3) is 22.4 Å². The number of aryl methyl sites for hydroxylation is 2. The van der Waals surface area contributed by atoms with Gasteiger partial charge in [0, 0.05) is 29.2 Å². The zero-order chi connectivity index (χ0) is 25.2.